The highest BCUT2D eigenvalue weighted by Gasteiger charge is 2.20. The van der Waals surface area contributed by atoms with Crippen LogP contribution >= 0.6 is 24.8 Å². The lowest BCUT2D eigenvalue weighted by atomic mass is 10.1. The van der Waals surface area contributed by atoms with E-state index < -0.39 is 5.82 Å². The first-order chi connectivity index (χ1) is 13.1. The summed E-state index contributed by atoms with van der Waals surface area (Å²) >= 11 is 0. The Bertz CT molecular complexity index is 842. The molecular formula is C20H27Cl2FN6. The molecule has 1 aliphatic heterocycles. The summed E-state index contributed by atoms with van der Waals surface area (Å²) in [6.45, 7) is 3.99. The summed E-state index contributed by atoms with van der Waals surface area (Å²) in [7, 11) is 1.99. The molecule has 3 rings (SSSR count). The second-order valence-corrected chi connectivity index (χ2v) is 6.80. The van der Waals surface area contributed by atoms with E-state index >= 15 is 0 Å². The maximum absolute atomic E-state index is 13.6. The molecular weight excluding hydrogens is 414 g/mol. The molecule has 0 radical (unpaired) electrons. The zero-order chi connectivity index (χ0) is 19.2. The van der Waals surface area contributed by atoms with Gasteiger partial charge >= 0.3 is 0 Å². The van der Waals surface area contributed by atoms with Crippen LogP contribution in [0.1, 0.15) is 37.4 Å². The molecule has 0 saturated carbocycles. The van der Waals surface area contributed by atoms with Gasteiger partial charge in [0.15, 0.2) is 0 Å². The molecule has 0 amide bonds. The van der Waals surface area contributed by atoms with Crippen LogP contribution in [0.2, 0.25) is 0 Å². The lowest BCUT2D eigenvalue weighted by Crippen LogP contribution is -2.44. The second kappa shape index (κ2) is 11.8. The lowest BCUT2D eigenvalue weighted by Gasteiger charge is -2.33. The summed E-state index contributed by atoms with van der Waals surface area (Å²) in [6.07, 6.45) is 4.13. The molecule has 1 aromatic heterocycles. The molecule has 0 spiro atoms. The second-order valence-electron chi connectivity index (χ2n) is 6.80. The molecule has 0 aliphatic carbocycles. The molecule has 1 unspecified atom stereocenters. The standard InChI is InChI=1S/C20H25FN6.2ClH/c1-3-5-15-11-19(27-9-4-6-17(13-27)23-2)26-20(24-15)25-16-7-8-18(21)14(10-16)12-22;;/h7-8,10-11,17,23H,3-6,9,13H2,1-2H3,(H,24,25,26);2*1H. The first-order valence-electron chi connectivity index (χ1n) is 9.39. The maximum atomic E-state index is 13.6. The first kappa shape index (κ1) is 24.9. The zero-order valence-electron chi connectivity index (χ0n) is 16.6. The quantitative estimate of drug-likeness (QED) is 0.699. The highest BCUT2D eigenvalue weighted by atomic mass is 35.5. The molecule has 1 atom stereocenters. The smallest absolute Gasteiger partial charge is 0.229 e. The number of nitrogens with one attached hydrogen (secondary N) is 2. The Morgan fingerprint density at radius 2 is 2.07 bits per heavy atom. The molecule has 6 nitrogen and oxygen atoms in total. The lowest BCUT2D eigenvalue weighted by molar-refractivity contribution is 0.447. The molecule has 2 heterocycles. The van der Waals surface area contributed by atoms with Crippen molar-refractivity contribution in [3.63, 3.8) is 0 Å². The van der Waals surface area contributed by atoms with Crippen LogP contribution in [0.15, 0.2) is 24.3 Å². The average molecular weight is 441 g/mol. The Balaban J connectivity index is 0.00000210. The van der Waals surface area contributed by atoms with E-state index in [1.165, 1.54) is 12.1 Å². The van der Waals surface area contributed by atoms with Crippen molar-refractivity contribution in [3.05, 3.63) is 41.3 Å². The van der Waals surface area contributed by atoms with Gasteiger partial charge in [-0.25, -0.2) is 9.37 Å². The van der Waals surface area contributed by atoms with Gasteiger partial charge in [0.05, 0.1) is 5.56 Å². The third-order valence-electron chi connectivity index (χ3n) is 4.77. The largest absolute Gasteiger partial charge is 0.355 e. The number of likely N-dealkylation sites (N-methyl/N-ethyl adjacent to an activating group) is 1. The SMILES string of the molecule is CCCc1cc(N2CCCC(NC)C2)nc(Nc2ccc(F)c(C#N)c2)n1.Cl.Cl. The van der Waals surface area contributed by atoms with E-state index in [0.29, 0.717) is 17.7 Å². The maximum Gasteiger partial charge on any atom is 0.229 e. The van der Waals surface area contributed by atoms with Gasteiger partial charge < -0.3 is 15.5 Å². The number of piperidine rings is 1. The Morgan fingerprint density at radius 3 is 2.76 bits per heavy atom. The molecule has 1 aliphatic rings. The Kier molecular flexibility index (Phi) is 10.1. The highest BCUT2D eigenvalue weighted by Crippen LogP contribution is 2.23. The third-order valence-corrected chi connectivity index (χ3v) is 4.77. The minimum atomic E-state index is -0.532. The Morgan fingerprint density at radius 1 is 1.28 bits per heavy atom. The number of benzene rings is 1. The van der Waals surface area contributed by atoms with E-state index in [0.717, 1.165) is 50.3 Å². The number of anilines is 3. The fraction of sp³-hybridized carbons (Fsp3) is 0.450. The Labute approximate surface area is 183 Å². The van der Waals surface area contributed by atoms with Crippen LogP contribution < -0.4 is 15.5 Å². The third kappa shape index (κ3) is 6.43. The van der Waals surface area contributed by atoms with Crippen molar-refractivity contribution in [2.75, 3.05) is 30.4 Å². The minimum Gasteiger partial charge on any atom is -0.355 e. The molecule has 2 aromatic rings. The van der Waals surface area contributed by atoms with Crippen LogP contribution in [-0.4, -0.2) is 36.1 Å². The number of halogens is 3. The summed E-state index contributed by atoms with van der Waals surface area (Å²) in [4.78, 5) is 11.5. The van der Waals surface area contributed by atoms with Gasteiger partial charge in [0.1, 0.15) is 17.7 Å². The van der Waals surface area contributed by atoms with Crippen LogP contribution in [0, 0.1) is 17.1 Å². The van der Waals surface area contributed by atoms with E-state index in [-0.39, 0.29) is 30.4 Å². The van der Waals surface area contributed by atoms with Gasteiger partial charge in [-0.2, -0.15) is 10.2 Å². The molecule has 9 heteroatoms. The van der Waals surface area contributed by atoms with E-state index in [1.807, 2.05) is 13.1 Å². The summed E-state index contributed by atoms with van der Waals surface area (Å²) in [5, 5.41) is 15.5. The number of aromatic nitrogens is 2. The van der Waals surface area contributed by atoms with Crippen molar-refractivity contribution in [1.29, 1.82) is 5.26 Å². The van der Waals surface area contributed by atoms with Gasteiger partial charge in [-0.1, -0.05) is 13.3 Å². The topological polar surface area (TPSA) is 76.9 Å². The van der Waals surface area contributed by atoms with Crippen molar-refractivity contribution >= 4 is 42.3 Å². The van der Waals surface area contributed by atoms with Crippen LogP contribution in [0.5, 0.6) is 0 Å². The van der Waals surface area contributed by atoms with Gasteiger partial charge in [0, 0.05) is 36.6 Å². The summed E-state index contributed by atoms with van der Waals surface area (Å²) in [5.41, 5.74) is 1.57. The van der Waals surface area contributed by atoms with E-state index in [2.05, 4.69) is 38.5 Å². The highest BCUT2D eigenvalue weighted by molar-refractivity contribution is 5.85. The van der Waals surface area contributed by atoms with E-state index in [9.17, 15) is 4.39 Å². The van der Waals surface area contributed by atoms with Gasteiger partial charge in [0.2, 0.25) is 5.95 Å². The molecule has 1 aromatic carbocycles. The van der Waals surface area contributed by atoms with Crippen molar-refractivity contribution in [3.8, 4) is 6.07 Å². The summed E-state index contributed by atoms with van der Waals surface area (Å²) in [6, 6.07) is 8.70. The van der Waals surface area contributed by atoms with Crippen LogP contribution in [-0.2, 0) is 6.42 Å². The van der Waals surface area contributed by atoms with E-state index in [1.54, 1.807) is 6.07 Å². The molecule has 0 bridgehead atoms. The summed E-state index contributed by atoms with van der Waals surface area (Å²) in [5.74, 6) is 0.840. The van der Waals surface area contributed by atoms with Crippen molar-refractivity contribution in [2.45, 2.75) is 38.6 Å². The normalized spacial score (nSPS) is 15.7. The molecule has 158 valence electrons. The molecule has 1 fully saturated rings. The minimum absolute atomic E-state index is 0. The fourth-order valence-electron chi connectivity index (χ4n) is 3.32. The Hall–Kier alpha value is -2.14. The molecule has 29 heavy (non-hydrogen) atoms. The van der Waals surface area contributed by atoms with E-state index in [4.69, 9.17) is 5.26 Å². The van der Waals surface area contributed by atoms with Crippen LogP contribution in [0.4, 0.5) is 21.8 Å². The average Bonchev–Trinajstić information content (AvgIpc) is 2.69. The monoisotopic (exact) mass is 440 g/mol. The number of hydrogen-bond acceptors (Lipinski definition) is 6. The number of nitriles is 1. The number of nitrogens with zero attached hydrogens (tertiary/aromatic N) is 4. The predicted octanol–water partition coefficient (Wildman–Crippen LogP) is 4.22. The van der Waals surface area contributed by atoms with Crippen molar-refractivity contribution in [1.82, 2.24) is 15.3 Å². The van der Waals surface area contributed by atoms with Crippen molar-refractivity contribution in [2.24, 2.45) is 0 Å². The zero-order valence-corrected chi connectivity index (χ0v) is 18.2. The molecule has 2 N–H and O–H groups in total. The fourth-order valence-corrected chi connectivity index (χ4v) is 3.32. The van der Waals surface area contributed by atoms with Gasteiger partial charge in [-0.15, -0.1) is 24.8 Å². The number of hydrogen-bond donors (Lipinski definition) is 2. The van der Waals surface area contributed by atoms with Crippen LogP contribution in [0.25, 0.3) is 0 Å². The molecule has 1 saturated heterocycles. The van der Waals surface area contributed by atoms with Crippen LogP contribution in [0.3, 0.4) is 0 Å². The summed E-state index contributed by atoms with van der Waals surface area (Å²) < 4.78 is 13.6. The predicted molar refractivity (Wildman–Crippen MR) is 119 cm³/mol. The number of rotatable bonds is 6. The van der Waals surface area contributed by atoms with Gasteiger partial charge in [-0.3, -0.25) is 0 Å². The first-order valence-corrected chi connectivity index (χ1v) is 9.39. The van der Waals surface area contributed by atoms with Gasteiger partial charge in [-0.05, 0) is 44.5 Å². The number of aryl methyl sites for hydroxylation is 1. The van der Waals surface area contributed by atoms with Crippen molar-refractivity contribution < 1.29 is 4.39 Å². The van der Waals surface area contributed by atoms with Gasteiger partial charge in [0.25, 0.3) is 0 Å².